The molecule has 0 bridgehead atoms. The minimum atomic E-state index is -0.285. The summed E-state index contributed by atoms with van der Waals surface area (Å²) in [5.41, 5.74) is 2.81. The summed E-state index contributed by atoms with van der Waals surface area (Å²) in [5.74, 6) is 0.483. The van der Waals surface area contributed by atoms with Crippen molar-refractivity contribution in [2.45, 2.75) is 45.1 Å². The summed E-state index contributed by atoms with van der Waals surface area (Å²) in [6, 6.07) is 10.7. The number of hydrogen-bond acceptors (Lipinski definition) is 5. The number of anilines is 1. The minimum absolute atomic E-state index is 0.0379. The van der Waals surface area contributed by atoms with Crippen LogP contribution in [0.25, 0.3) is 16.7 Å². The van der Waals surface area contributed by atoms with Crippen LogP contribution in [0.3, 0.4) is 0 Å². The van der Waals surface area contributed by atoms with Crippen LogP contribution in [-0.4, -0.2) is 45.3 Å². The number of carbonyl (C=O) groups is 1. The van der Waals surface area contributed by atoms with Gasteiger partial charge in [-0.05, 0) is 55.1 Å². The summed E-state index contributed by atoms with van der Waals surface area (Å²) in [7, 11) is 1.78. The molecule has 2 N–H and O–H groups in total. The summed E-state index contributed by atoms with van der Waals surface area (Å²) in [4.78, 5) is 35.3. The third kappa shape index (κ3) is 5.06. The summed E-state index contributed by atoms with van der Waals surface area (Å²) < 4.78 is 1.52. The number of aromatic nitrogens is 4. The van der Waals surface area contributed by atoms with E-state index in [0.717, 1.165) is 30.6 Å². The number of likely N-dealkylation sites (N-methyl/N-ethyl adjacent to an activating group) is 1. The van der Waals surface area contributed by atoms with Gasteiger partial charge in [0.05, 0.1) is 21.8 Å². The molecule has 1 saturated heterocycles. The lowest BCUT2D eigenvalue weighted by atomic mass is 10.1. The second-order valence-electron chi connectivity index (χ2n) is 9.77. The van der Waals surface area contributed by atoms with Crippen molar-refractivity contribution in [3.8, 4) is 5.69 Å². The van der Waals surface area contributed by atoms with Crippen molar-refractivity contribution in [3.63, 3.8) is 0 Å². The molecule has 5 rings (SSSR count). The van der Waals surface area contributed by atoms with Gasteiger partial charge in [0.15, 0.2) is 5.65 Å². The number of nitrogens with zero attached hydrogens (tertiary/aromatic N) is 4. The Hall–Kier alpha value is -2.91. The first kappa shape index (κ1) is 26.7. The van der Waals surface area contributed by atoms with E-state index >= 15 is 0 Å². The molecule has 0 saturated carbocycles. The van der Waals surface area contributed by atoms with Gasteiger partial charge in [-0.1, -0.05) is 60.8 Å². The average Bonchev–Trinajstić information content (AvgIpc) is 3.52. The van der Waals surface area contributed by atoms with Gasteiger partial charge < -0.3 is 15.2 Å². The molecule has 1 aliphatic rings. The van der Waals surface area contributed by atoms with E-state index in [2.05, 4.69) is 15.4 Å². The van der Waals surface area contributed by atoms with Crippen molar-refractivity contribution in [3.05, 3.63) is 78.9 Å². The van der Waals surface area contributed by atoms with E-state index in [1.165, 1.54) is 4.68 Å². The van der Waals surface area contributed by atoms with Crippen molar-refractivity contribution in [1.82, 2.24) is 25.1 Å². The van der Waals surface area contributed by atoms with Crippen LogP contribution >= 0.6 is 34.8 Å². The van der Waals surface area contributed by atoms with Gasteiger partial charge in [-0.15, -0.1) is 0 Å². The van der Waals surface area contributed by atoms with Gasteiger partial charge in [-0.25, -0.2) is 9.67 Å². The molecule has 1 aliphatic heterocycles. The Morgan fingerprint density at radius 1 is 1.16 bits per heavy atom. The molecule has 2 aromatic heterocycles. The van der Waals surface area contributed by atoms with E-state index in [4.69, 9.17) is 39.8 Å². The highest BCUT2D eigenvalue weighted by Gasteiger charge is 2.26. The number of H-pyrrole nitrogens is 1. The predicted molar refractivity (Wildman–Crippen MR) is 152 cm³/mol. The maximum atomic E-state index is 13.2. The molecule has 0 spiro atoms. The monoisotopic (exact) mass is 572 g/mol. The summed E-state index contributed by atoms with van der Waals surface area (Å²) in [6.45, 7) is 4.78. The zero-order chi connectivity index (χ0) is 27.1. The molecule has 2 aromatic carbocycles. The summed E-state index contributed by atoms with van der Waals surface area (Å²) in [6.07, 6.45) is 2.23. The molecule has 1 amide bonds. The number of halogens is 3. The molecule has 0 aliphatic carbocycles. The third-order valence-corrected chi connectivity index (χ3v) is 7.53. The molecule has 8 nitrogen and oxygen atoms in total. The van der Waals surface area contributed by atoms with Gasteiger partial charge in [-0.3, -0.25) is 9.59 Å². The lowest BCUT2D eigenvalue weighted by molar-refractivity contribution is -0.119. The number of benzene rings is 2. The Morgan fingerprint density at radius 2 is 1.84 bits per heavy atom. The number of amides is 1. The van der Waals surface area contributed by atoms with Crippen LogP contribution in [-0.2, 0) is 11.2 Å². The molecule has 1 fully saturated rings. The van der Waals surface area contributed by atoms with Crippen LogP contribution in [0.4, 0.5) is 5.69 Å². The topological polar surface area (TPSA) is 95.9 Å². The molecule has 198 valence electrons. The lowest BCUT2D eigenvalue weighted by Crippen LogP contribution is -2.41. The molecule has 11 heteroatoms. The molecule has 0 unspecified atom stereocenters. The van der Waals surface area contributed by atoms with E-state index in [1.54, 1.807) is 24.1 Å². The highest BCUT2D eigenvalue weighted by atomic mass is 35.5. The molecule has 0 radical (unpaired) electrons. The Morgan fingerprint density at radius 3 is 2.45 bits per heavy atom. The summed E-state index contributed by atoms with van der Waals surface area (Å²) in [5, 5.41) is 9.30. The van der Waals surface area contributed by atoms with Crippen molar-refractivity contribution in [2.24, 2.45) is 0 Å². The van der Waals surface area contributed by atoms with E-state index in [0.29, 0.717) is 49.7 Å². The van der Waals surface area contributed by atoms with E-state index < -0.39 is 0 Å². The Bertz CT molecular complexity index is 1550. The number of aromatic amines is 1. The van der Waals surface area contributed by atoms with Crippen LogP contribution < -0.4 is 15.8 Å². The first-order chi connectivity index (χ1) is 18.1. The lowest BCUT2D eigenvalue weighted by Gasteiger charge is -2.21. The van der Waals surface area contributed by atoms with Crippen LogP contribution in [0, 0.1) is 0 Å². The van der Waals surface area contributed by atoms with E-state index in [9.17, 15) is 9.59 Å². The fourth-order valence-corrected chi connectivity index (χ4v) is 5.74. The summed E-state index contributed by atoms with van der Waals surface area (Å²) >= 11 is 19.1. The Balaban J connectivity index is 1.50. The number of hydrogen-bond donors (Lipinski definition) is 2. The highest BCUT2D eigenvalue weighted by Crippen LogP contribution is 2.34. The minimum Gasteiger partial charge on any atom is -0.314 e. The zero-order valence-corrected chi connectivity index (χ0v) is 23.5. The van der Waals surface area contributed by atoms with Crippen molar-refractivity contribution in [1.29, 1.82) is 0 Å². The molecular formula is C27H27Cl3N6O2. The predicted octanol–water partition coefficient (Wildman–Crippen LogP) is 5.50. The number of nitrogens with one attached hydrogen (secondary N) is 2. The van der Waals surface area contributed by atoms with Crippen molar-refractivity contribution >= 4 is 57.4 Å². The molecule has 1 atom stereocenters. The SMILES string of the molecule is CC(C)c1nn(-c2c(Cl)cc(Cl)cc2Cl)c2nc(Cc3ccc(N(C)C(=O)[C@@H]4CCCN4)cc3)[nH]c(=O)c12. The van der Waals surface area contributed by atoms with Crippen LogP contribution in [0.1, 0.15) is 49.7 Å². The smallest absolute Gasteiger partial charge is 0.262 e. The van der Waals surface area contributed by atoms with Gasteiger partial charge in [0.25, 0.3) is 5.56 Å². The zero-order valence-electron chi connectivity index (χ0n) is 21.2. The fraction of sp³-hybridized carbons (Fsp3) is 0.333. The van der Waals surface area contributed by atoms with Gasteiger partial charge in [0.1, 0.15) is 16.9 Å². The standard InChI is InChI=1S/C27H27Cl3N6O2/c1-14(2)23-22-25(36(34-23)24-18(29)12-16(28)13-19(24)30)32-21(33-26(22)37)11-15-6-8-17(9-7-15)35(3)27(38)20-5-4-10-31-20/h6-9,12-14,20,31H,4-5,10-11H2,1-3H3,(H,32,33,37)/t20-/m0/s1. The molecule has 4 aromatic rings. The quantitative estimate of drug-likeness (QED) is 0.318. The number of fused-ring (bicyclic) bond motifs is 1. The highest BCUT2D eigenvalue weighted by molar-refractivity contribution is 6.40. The third-order valence-electron chi connectivity index (χ3n) is 6.74. The molecular weight excluding hydrogens is 547 g/mol. The maximum Gasteiger partial charge on any atom is 0.262 e. The van der Waals surface area contributed by atoms with Gasteiger partial charge in [0.2, 0.25) is 5.91 Å². The average molecular weight is 574 g/mol. The second kappa shape index (κ2) is 10.7. The first-order valence-electron chi connectivity index (χ1n) is 12.4. The first-order valence-corrected chi connectivity index (χ1v) is 13.5. The van der Waals surface area contributed by atoms with Crippen LogP contribution in [0.15, 0.2) is 41.2 Å². The van der Waals surface area contributed by atoms with Gasteiger partial charge in [-0.2, -0.15) is 5.10 Å². The van der Waals surface area contributed by atoms with Crippen LogP contribution in [0.2, 0.25) is 15.1 Å². The van der Waals surface area contributed by atoms with E-state index in [-0.39, 0.29) is 23.4 Å². The van der Waals surface area contributed by atoms with E-state index in [1.807, 2.05) is 38.1 Å². The Labute approximate surface area is 234 Å². The second-order valence-corrected chi connectivity index (χ2v) is 11.0. The largest absolute Gasteiger partial charge is 0.314 e. The van der Waals surface area contributed by atoms with Gasteiger partial charge in [0, 0.05) is 24.2 Å². The normalized spacial score (nSPS) is 15.5. The van der Waals surface area contributed by atoms with Crippen molar-refractivity contribution in [2.75, 3.05) is 18.5 Å². The fourth-order valence-electron chi connectivity index (χ4n) is 4.76. The molecule has 3 heterocycles. The number of carbonyl (C=O) groups excluding carboxylic acids is 1. The maximum absolute atomic E-state index is 13.2. The van der Waals surface area contributed by atoms with Crippen molar-refractivity contribution < 1.29 is 4.79 Å². The Kier molecular flexibility index (Phi) is 7.51. The molecule has 38 heavy (non-hydrogen) atoms. The van der Waals surface area contributed by atoms with Crippen LogP contribution in [0.5, 0.6) is 0 Å². The van der Waals surface area contributed by atoms with Gasteiger partial charge >= 0.3 is 0 Å². The number of rotatable bonds is 6.